The lowest BCUT2D eigenvalue weighted by molar-refractivity contribution is -0.384. The summed E-state index contributed by atoms with van der Waals surface area (Å²) in [5.41, 5.74) is 1.61. The molecule has 112 valence electrons. The van der Waals surface area contributed by atoms with Crippen LogP contribution in [0.5, 0.6) is 0 Å². The molecule has 1 aromatic heterocycles. The maximum absolute atomic E-state index is 10.8. The van der Waals surface area contributed by atoms with Crippen molar-refractivity contribution in [2.45, 2.75) is 13.5 Å². The van der Waals surface area contributed by atoms with E-state index >= 15 is 0 Å². The molecule has 7 nitrogen and oxygen atoms in total. The summed E-state index contributed by atoms with van der Waals surface area (Å²) in [5, 5.41) is 14.0. The summed E-state index contributed by atoms with van der Waals surface area (Å²) in [7, 11) is 1.63. The number of benzene rings is 1. The first kappa shape index (κ1) is 15.1. The van der Waals surface area contributed by atoms with Gasteiger partial charge in [0.1, 0.15) is 0 Å². The summed E-state index contributed by atoms with van der Waals surface area (Å²) in [6.45, 7) is 3.66. The Labute approximate surface area is 122 Å². The van der Waals surface area contributed by atoms with Crippen molar-refractivity contribution in [1.82, 2.24) is 10.3 Å². The number of rotatable bonds is 7. The van der Waals surface area contributed by atoms with Crippen LogP contribution < -0.4 is 5.32 Å². The Morgan fingerprint density at radius 2 is 2.29 bits per heavy atom. The second kappa shape index (κ2) is 6.96. The van der Waals surface area contributed by atoms with Gasteiger partial charge in [-0.1, -0.05) is 6.07 Å². The van der Waals surface area contributed by atoms with Gasteiger partial charge in [0.2, 0.25) is 5.89 Å². The van der Waals surface area contributed by atoms with Crippen molar-refractivity contribution in [3.8, 4) is 11.3 Å². The molecule has 7 heteroatoms. The fourth-order valence-corrected chi connectivity index (χ4v) is 1.88. The number of nitrogens with one attached hydrogen (secondary N) is 1. The van der Waals surface area contributed by atoms with Crippen LogP contribution in [0, 0.1) is 17.0 Å². The van der Waals surface area contributed by atoms with Gasteiger partial charge in [0.05, 0.1) is 24.3 Å². The first-order valence-corrected chi connectivity index (χ1v) is 6.51. The lowest BCUT2D eigenvalue weighted by Crippen LogP contribution is -2.18. The van der Waals surface area contributed by atoms with Crippen LogP contribution in [0.15, 0.2) is 28.8 Å². The summed E-state index contributed by atoms with van der Waals surface area (Å²) < 4.78 is 10.6. The summed E-state index contributed by atoms with van der Waals surface area (Å²) >= 11 is 0. The Kier molecular flexibility index (Phi) is 5.02. The number of hydrogen-bond donors (Lipinski definition) is 1. The highest BCUT2D eigenvalue weighted by atomic mass is 16.6. The summed E-state index contributed by atoms with van der Waals surface area (Å²) in [6, 6.07) is 4.67. The zero-order valence-corrected chi connectivity index (χ0v) is 12.0. The molecule has 0 amide bonds. The van der Waals surface area contributed by atoms with Gasteiger partial charge in [-0.25, -0.2) is 4.98 Å². The second-order valence-electron chi connectivity index (χ2n) is 4.54. The van der Waals surface area contributed by atoms with Crippen LogP contribution in [-0.4, -0.2) is 30.2 Å². The van der Waals surface area contributed by atoms with Crippen molar-refractivity contribution in [1.29, 1.82) is 0 Å². The minimum atomic E-state index is -0.424. The van der Waals surface area contributed by atoms with Crippen molar-refractivity contribution >= 4 is 5.69 Å². The monoisotopic (exact) mass is 291 g/mol. The number of non-ortho nitro benzene ring substituents is 1. The third-order valence-corrected chi connectivity index (χ3v) is 3.01. The molecule has 0 fully saturated rings. The van der Waals surface area contributed by atoms with Crippen LogP contribution in [0.25, 0.3) is 11.3 Å². The Balaban J connectivity index is 2.13. The van der Waals surface area contributed by atoms with E-state index in [1.807, 2.05) is 6.92 Å². The highest BCUT2D eigenvalue weighted by Crippen LogP contribution is 2.28. The van der Waals surface area contributed by atoms with Gasteiger partial charge >= 0.3 is 0 Å². The van der Waals surface area contributed by atoms with E-state index in [2.05, 4.69) is 10.3 Å². The van der Waals surface area contributed by atoms with E-state index in [-0.39, 0.29) is 5.69 Å². The van der Waals surface area contributed by atoms with Crippen LogP contribution in [-0.2, 0) is 11.3 Å². The van der Waals surface area contributed by atoms with Gasteiger partial charge in [0.25, 0.3) is 5.69 Å². The van der Waals surface area contributed by atoms with Gasteiger partial charge < -0.3 is 14.5 Å². The molecule has 0 unspecified atom stereocenters. The van der Waals surface area contributed by atoms with Gasteiger partial charge in [-0.15, -0.1) is 0 Å². The van der Waals surface area contributed by atoms with E-state index in [1.54, 1.807) is 19.4 Å². The molecule has 0 aliphatic heterocycles. The molecule has 0 atom stereocenters. The second-order valence-corrected chi connectivity index (χ2v) is 4.54. The van der Waals surface area contributed by atoms with Crippen LogP contribution >= 0.6 is 0 Å². The molecular formula is C14H17N3O4. The van der Waals surface area contributed by atoms with E-state index in [0.717, 1.165) is 5.56 Å². The topological polar surface area (TPSA) is 90.4 Å². The lowest BCUT2D eigenvalue weighted by atomic mass is 10.1. The molecule has 0 aliphatic rings. The predicted octanol–water partition coefficient (Wildman–Crippen LogP) is 2.29. The average Bonchev–Trinajstić information content (AvgIpc) is 2.92. The maximum atomic E-state index is 10.8. The molecule has 0 bridgehead atoms. The van der Waals surface area contributed by atoms with Crippen LogP contribution in [0.2, 0.25) is 0 Å². The van der Waals surface area contributed by atoms with Crippen LogP contribution in [0.1, 0.15) is 11.5 Å². The van der Waals surface area contributed by atoms with Gasteiger partial charge in [-0.05, 0) is 12.5 Å². The van der Waals surface area contributed by atoms with Crippen molar-refractivity contribution < 1.29 is 14.1 Å². The maximum Gasteiger partial charge on any atom is 0.270 e. The Morgan fingerprint density at radius 1 is 1.48 bits per heavy atom. The molecule has 2 rings (SSSR count). The van der Waals surface area contributed by atoms with Gasteiger partial charge in [0.15, 0.2) is 5.76 Å². The number of nitro benzene ring substituents is 1. The first-order chi connectivity index (χ1) is 10.1. The zero-order chi connectivity index (χ0) is 15.2. The van der Waals surface area contributed by atoms with Crippen molar-refractivity contribution in [3.05, 3.63) is 46.0 Å². The Morgan fingerprint density at radius 3 is 3.00 bits per heavy atom. The number of aromatic nitrogens is 1. The van der Waals surface area contributed by atoms with E-state index in [1.165, 1.54) is 12.1 Å². The van der Waals surface area contributed by atoms with E-state index in [0.29, 0.717) is 36.9 Å². The smallest absolute Gasteiger partial charge is 0.270 e. The predicted molar refractivity (Wildman–Crippen MR) is 76.9 cm³/mol. The SMILES string of the molecule is COCCNCc1ncc(-c2cc([N+](=O)[O-])ccc2C)o1. The molecule has 0 radical (unpaired) electrons. The number of ether oxygens (including phenoxy) is 1. The highest BCUT2D eigenvalue weighted by Gasteiger charge is 2.13. The average molecular weight is 291 g/mol. The summed E-state index contributed by atoms with van der Waals surface area (Å²) in [5.74, 6) is 1.06. The van der Waals surface area contributed by atoms with Crippen LogP contribution in [0.3, 0.4) is 0 Å². The minimum absolute atomic E-state index is 0.0340. The van der Waals surface area contributed by atoms with Crippen molar-refractivity contribution in [2.75, 3.05) is 20.3 Å². The highest BCUT2D eigenvalue weighted by molar-refractivity contribution is 5.64. The van der Waals surface area contributed by atoms with E-state index in [9.17, 15) is 10.1 Å². The van der Waals surface area contributed by atoms with Crippen molar-refractivity contribution in [3.63, 3.8) is 0 Å². The summed E-state index contributed by atoms with van der Waals surface area (Å²) in [6.07, 6.45) is 1.58. The molecule has 1 N–H and O–H groups in total. The lowest BCUT2D eigenvalue weighted by Gasteiger charge is -2.02. The molecule has 21 heavy (non-hydrogen) atoms. The number of nitrogens with zero attached hydrogens (tertiary/aromatic N) is 2. The molecule has 0 aliphatic carbocycles. The largest absolute Gasteiger partial charge is 0.439 e. The number of hydrogen-bond acceptors (Lipinski definition) is 6. The number of methoxy groups -OCH3 is 1. The van der Waals surface area contributed by atoms with Gasteiger partial charge in [0, 0.05) is 31.4 Å². The Bertz CT molecular complexity index is 624. The molecule has 1 heterocycles. The Hall–Kier alpha value is -2.25. The molecule has 2 aromatic rings. The molecule has 0 saturated heterocycles. The summed E-state index contributed by atoms with van der Waals surface area (Å²) in [4.78, 5) is 14.6. The standard InChI is InChI=1S/C14H17N3O4/c1-10-3-4-11(17(18)19)7-12(10)13-8-16-14(21-13)9-15-5-6-20-2/h3-4,7-8,15H,5-6,9H2,1-2H3. The molecule has 0 saturated carbocycles. The fourth-order valence-electron chi connectivity index (χ4n) is 1.88. The van der Waals surface area contributed by atoms with E-state index in [4.69, 9.17) is 9.15 Å². The van der Waals surface area contributed by atoms with E-state index < -0.39 is 4.92 Å². The third kappa shape index (κ3) is 3.87. The quantitative estimate of drug-likeness (QED) is 0.478. The number of nitro groups is 1. The number of aryl methyl sites for hydroxylation is 1. The molecule has 0 spiro atoms. The zero-order valence-electron chi connectivity index (χ0n) is 12.0. The fraction of sp³-hybridized carbons (Fsp3) is 0.357. The normalized spacial score (nSPS) is 10.8. The van der Waals surface area contributed by atoms with Crippen LogP contribution in [0.4, 0.5) is 5.69 Å². The number of oxazole rings is 1. The van der Waals surface area contributed by atoms with Gasteiger partial charge in [-0.3, -0.25) is 10.1 Å². The molecule has 1 aromatic carbocycles. The first-order valence-electron chi connectivity index (χ1n) is 6.51. The molecular weight excluding hydrogens is 274 g/mol. The minimum Gasteiger partial charge on any atom is -0.439 e. The van der Waals surface area contributed by atoms with Crippen molar-refractivity contribution in [2.24, 2.45) is 0 Å². The third-order valence-electron chi connectivity index (χ3n) is 3.01. The van der Waals surface area contributed by atoms with Gasteiger partial charge in [-0.2, -0.15) is 0 Å².